The molecule has 14 atom stereocenters. The third-order valence-corrected chi connectivity index (χ3v) is 21.2. The predicted molar refractivity (Wildman–Crippen MR) is 455 cm³/mol. The molecule has 3 aromatic rings. The van der Waals surface area contributed by atoms with Gasteiger partial charge in [-0.1, -0.05) is 89.9 Å². The van der Waals surface area contributed by atoms with Crippen LogP contribution in [0.3, 0.4) is 0 Å². The van der Waals surface area contributed by atoms with Gasteiger partial charge < -0.3 is 118 Å². The molecule has 0 saturated carbocycles. The molecule has 48 heteroatoms. The predicted octanol–water partition coefficient (Wildman–Crippen LogP) is -5.01. The van der Waals surface area contributed by atoms with Crippen molar-refractivity contribution in [3.8, 4) is 5.75 Å². The van der Waals surface area contributed by atoms with Gasteiger partial charge in [-0.15, -0.1) is 8.98 Å². The first kappa shape index (κ1) is 106. The third kappa shape index (κ3) is 38.0. The summed E-state index contributed by atoms with van der Waals surface area (Å²) in [5.74, 6) is -20.1. The summed E-state index contributed by atoms with van der Waals surface area (Å²) in [6.45, 7) is 10.8. The fourth-order valence-electron chi connectivity index (χ4n) is 13.0. The lowest BCUT2D eigenvalue weighted by Gasteiger charge is -2.29. The van der Waals surface area contributed by atoms with Crippen LogP contribution in [-0.2, 0) is 106 Å². The number of rotatable bonds is 44. The van der Waals surface area contributed by atoms with Crippen molar-refractivity contribution in [2.24, 2.45) is 40.7 Å². The van der Waals surface area contributed by atoms with Crippen molar-refractivity contribution in [1.82, 2.24) is 100 Å². The molecule has 702 valence electrons. The highest BCUT2D eigenvalue weighted by molar-refractivity contribution is 7.86. The Bertz CT molecular complexity index is 4490. The van der Waals surface area contributed by atoms with Gasteiger partial charge in [0, 0.05) is 52.1 Å². The minimum Gasteiger partial charge on any atom is -0.496 e. The lowest BCUT2D eigenvalue weighted by atomic mass is 9.97. The maximum Gasteiger partial charge on any atom is 0.332 e. The van der Waals surface area contributed by atoms with E-state index in [9.17, 15) is 98.9 Å². The zero-order chi connectivity index (χ0) is 94.9. The van der Waals surface area contributed by atoms with E-state index in [1.165, 1.54) is 11.6 Å². The molecule has 0 radical (unpaired) electrons. The van der Waals surface area contributed by atoms with E-state index in [4.69, 9.17) is 38.5 Å². The van der Waals surface area contributed by atoms with Crippen molar-refractivity contribution in [1.29, 1.82) is 10.8 Å². The van der Waals surface area contributed by atoms with E-state index in [1.54, 1.807) is 78.1 Å². The first-order valence-corrected chi connectivity index (χ1v) is 42.9. The first-order chi connectivity index (χ1) is 59.8. The van der Waals surface area contributed by atoms with Crippen LogP contribution in [0, 0.1) is 28.6 Å². The van der Waals surface area contributed by atoms with Gasteiger partial charge in [0.05, 0.1) is 36.2 Å². The summed E-state index contributed by atoms with van der Waals surface area (Å²) in [4.78, 5) is 235. The highest BCUT2D eigenvalue weighted by atomic mass is 32.3. The number of carbonyl (C=O) groups is 17. The van der Waals surface area contributed by atoms with Crippen molar-refractivity contribution in [2.45, 2.75) is 248 Å². The van der Waals surface area contributed by atoms with E-state index < -0.39 is 256 Å². The van der Waals surface area contributed by atoms with E-state index >= 15 is 0 Å². The largest absolute Gasteiger partial charge is 0.496 e. The Hall–Kier alpha value is -13.2. The molecule has 127 heavy (non-hydrogen) atoms. The topological polar surface area (TPSA) is 729 Å². The number of hydrogen-bond donors (Lipinski definition) is 23. The Morgan fingerprint density at radius 1 is 0.638 bits per heavy atom. The molecule has 0 saturated heterocycles. The second-order valence-corrected chi connectivity index (χ2v) is 32.5. The number of benzene rings is 2. The molecule has 2 bridgehead atoms. The summed E-state index contributed by atoms with van der Waals surface area (Å²) in [5.41, 5.74) is 22.8. The van der Waals surface area contributed by atoms with Gasteiger partial charge in [-0.05, 0) is 125 Å². The van der Waals surface area contributed by atoms with Crippen molar-refractivity contribution >= 4 is 123 Å². The van der Waals surface area contributed by atoms with Crippen LogP contribution in [0.5, 0.6) is 5.75 Å². The number of primary amides is 2. The summed E-state index contributed by atoms with van der Waals surface area (Å²) in [5, 5.41) is 74.0. The summed E-state index contributed by atoms with van der Waals surface area (Å²) in [6.07, 6.45) is -0.291. The van der Waals surface area contributed by atoms with Crippen molar-refractivity contribution in [2.75, 3.05) is 33.3 Å². The summed E-state index contributed by atoms with van der Waals surface area (Å²) < 4.78 is 44.0. The number of fused-ring (bicyclic) bond motifs is 2. The average Bonchev–Trinajstić information content (AvgIpc) is 1.84. The van der Waals surface area contributed by atoms with E-state index in [-0.39, 0.29) is 115 Å². The molecule has 0 fully saturated rings. The minimum atomic E-state index is -5.30. The molecule has 0 spiro atoms. The highest BCUT2D eigenvalue weighted by Gasteiger charge is 2.39. The number of nitrogens with two attached hydrogens (primary N) is 4. The van der Waals surface area contributed by atoms with Crippen LogP contribution in [0.2, 0.25) is 0 Å². The maximum absolute atomic E-state index is 14.9. The van der Waals surface area contributed by atoms with Crippen LogP contribution in [0.4, 0.5) is 3.89 Å². The number of carbonyl (C=O) groups excluding carboxylic acids is 16. The van der Waals surface area contributed by atoms with Crippen LogP contribution in [0.25, 0.3) is 0 Å². The number of aliphatic carboxylic acids is 1. The second-order valence-electron chi connectivity index (χ2n) is 31.2. The monoisotopic (exact) mass is 1810 g/mol. The zero-order valence-electron chi connectivity index (χ0n) is 72.5. The lowest BCUT2D eigenvalue weighted by molar-refractivity contribution is -0.141. The molecule has 4 rings (SSSR count). The van der Waals surface area contributed by atoms with Crippen LogP contribution < -0.4 is 113 Å². The number of hydrogen-bond acceptors (Lipinski definition) is 24. The van der Waals surface area contributed by atoms with Crippen LogP contribution >= 0.6 is 0 Å². The van der Waals surface area contributed by atoms with Gasteiger partial charge in [0.1, 0.15) is 78.3 Å². The normalized spacial score (nSPS) is 18.2. The lowest BCUT2D eigenvalue weighted by Crippen LogP contribution is -2.61. The Labute approximate surface area is 733 Å². The Kier molecular flexibility index (Phi) is 44.4. The van der Waals surface area contributed by atoms with Gasteiger partial charge >= 0.3 is 16.2 Å². The quantitative estimate of drug-likeness (QED) is 0.0109. The highest BCUT2D eigenvalue weighted by Crippen LogP contribution is 2.24. The molecular weight excluding hydrogens is 1690 g/mol. The minimum absolute atomic E-state index is 0.0203. The number of ether oxygens (including phenoxy) is 1. The number of aromatic nitrogens is 3. The van der Waals surface area contributed by atoms with Gasteiger partial charge in [-0.25, -0.2) is 0 Å². The maximum atomic E-state index is 14.9. The number of nitrogens with zero attached hydrogens (tertiary/aromatic N) is 3. The van der Waals surface area contributed by atoms with E-state index in [0.717, 1.165) is 26.2 Å². The van der Waals surface area contributed by atoms with Crippen LogP contribution in [-0.4, -0.2) is 247 Å². The number of carboxylic acids is 1. The molecule has 2 heterocycles. The number of halogens is 1. The molecule has 1 aliphatic heterocycles. The van der Waals surface area contributed by atoms with Gasteiger partial charge in [0.2, 0.25) is 88.6 Å². The molecule has 0 unspecified atom stereocenters. The Morgan fingerprint density at radius 3 is 1.83 bits per heavy atom. The van der Waals surface area contributed by atoms with E-state index in [0.29, 0.717) is 17.3 Å². The zero-order valence-corrected chi connectivity index (χ0v) is 73.3. The molecule has 1 aliphatic rings. The standard InChI is InChI=1S/C79H122FN25O21S/c1-10-42(5)63(76(122)90-39-61(108)93-57(37-62(109)110)74(120)97-53(26-19-32-88-79(85)86)70(116)99-55(65(82)111)35-46-20-13-12-14-21-46)101-72(118)50-23-15-16-33-105-40-47(103-104-105)22-17-24-51(68(114)98-54(28-30-60(81)107)71(117)100-56(34-41(3)4)73(119)96-52(69(115)95-50)25-18-31-87-78(83)84)94-66(112)44(7)91-77(123)64(43(6)11-2)102-75(121)58(92-45(8)106)38-89-67(113)49-36-48(127(80,124)125)27-29-59(49)126-9/h12-14,20-21,27,29,36,40-44,50-58,63-64H,10-11,15-19,22-26,28,30-35,37-39H2,1-9H3,(H2,81,107)(H2,82,111)(H,89,113)(H,90,122)(H,91,123)(H,92,106)(H,93,108)(H,94,112)(H,95,115)(H,96,119)(H,97,120)(H,98,114)(H,99,116)(H,100,117)(H,101,118)(H,102,121)(H,109,110)(H4,83,84,87)(H4,85,86,88)/t42-,43-,44-,50-,51-,52-,53-,54-,55-,56-,57-,58-,63-,64-/m0/s1. The van der Waals surface area contributed by atoms with Crippen molar-refractivity contribution in [3.63, 3.8) is 0 Å². The number of carboxylic acid groups (broad SMARTS) is 1. The average molecular weight is 1810 g/mol. The van der Waals surface area contributed by atoms with Crippen LogP contribution in [0.15, 0.2) is 59.6 Å². The molecule has 46 nitrogen and oxygen atoms in total. The van der Waals surface area contributed by atoms with Gasteiger partial charge in [0.15, 0.2) is 11.9 Å². The second kappa shape index (κ2) is 53.2. The number of nitrogens with one attached hydrogen (secondary N) is 18. The molecule has 27 N–H and O–H groups in total. The summed E-state index contributed by atoms with van der Waals surface area (Å²) >= 11 is 0. The molecule has 16 amide bonds. The van der Waals surface area contributed by atoms with Gasteiger partial charge in [-0.2, -0.15) is 8.42 Å². The van der Waals surface area contributed by atoms with Crippen molar-refractivity contribution in [3.05, 3.63) is 71.5 Å². The Morgan fingerprint density at radius 2 is 1.23 bits per heavy atom. The van der Waals surface area contributed by atoms with Gasteiger partial charge in [0.25, 0.3) is 5.91 Å². The van der Waals surface area contributed by atoms with Crippen molar-refractivity contribution < 1.29 is 104 Å². The third-order valence-electron chi connectivity index (χ3n) is 20.4. The fraction of sp³-hybridized carbons (Fsp3) is 0.582. The van der Waals surface area contributed by atoms with E-state index in [1.807, 2.05) is 0 Å². The van der Waals surface area contributed by atoms with E-state index in [2.05, 4.69) is 95.4 Å². The number of amides is 16. The fourth-order valence-corrected chi connectivity index (χ4v) is 13.5. The number of guanidine groups is 2. The first-order valence-electron chi connectivity index (χ1n) is 41.5. The number of aryl methyl sites for hydroxylation is 2. The summed E-state index contributed by atoms with van der Waals surface area (Å²) in [6, 6.07) is -7.45. The van der Waals surface area contributed by atoms with Gasteiger partial charge in [-0.3, -0.25) is 97.0 Å². The molecule has 2 aromatic carbocycles. The summed E-state index contributed by atoms with van der Waals surface area (Å²) in [7, 11) is -4.15. The smallest absolute Gasteiger partial charge is 0.332 e. The molecule has 1 aromatic heterocycles. The Balaban J connectivity index is 1.66. The molecular formula is C79H122FN25O21S. The number of methoxy groups -OCH3 is 1. The van der Waals surface area contributed by atoms with Crippen LogP contribution in [0.1, 0.15) is 173 Å². The SMILES string of the molecule is CC[C@H](C)[C@H](NC(=O)[C@@H]1CCCCn2cc(nn2)CCC[C@H](NC(=O)[C@H](C)NC(=O)[C@@H](NC(=O)[C@H](CNC(=O)c2cc(S(=O)(=O)F)ccc2OC)NC(C)=O)[C@@H](C)CC)C(=O)N[C@@H](CCC(N)=O)C(=O)N[C@@H](CC(C)C)C(=O)N[C@@H](CCCNC(=N)N)C(=O)N1)C(=O)NCC(=O)N[C@@H](CC(=O)O)C(=O)N[C@@H](CCCNC(=N)N)C(=O)N[C@@H](Cc1ccccc1)C(N)=O. The molecule has 0 aliphatic carbocycles.